The van der Waals surface area contributed by atoms with Crippen LogP contribution in [0.1, 0.15) is 38.5 Å². The van der Waals surface area contributed by atoms with Gasteiger partial charge in [-0.05, 0) is 43.9 Å². The smallest absolute Gasteiger partial charge is 0.227 e. The molecule has 2 N–H and O–H groups in total. The van der Waals surface area contributed by atoms with Gasteiger partial charge in [0.1, 0.15) is 11.6 Å². The third kappa shape index (κ3) is 4.40. The number of aromatic nitrogens is 2. The average Bonchev–Trinajstić information content (AvgIpc) is 3.23. The third-order valence-corrected chi connectivity index (χ3v) is 5.56. The summed E-state index contributed by atoms with van der Waals surface area (Å²) < 4.78 is 13.9. The van der Waals surface area contributed by atoms with Crippen molar-refractivity contribution in [2.75, 3.05) is 23.3 Å². The van der Waals surface area contributed by atoms with Crippen molar-refractivity contribution < 1.29 is 9.18 Å². The van der Waals surface area contributed by atoms with Gasteiger partial charge in [-0.3, -0.25) is 4.79 Å². The fourth-order valence-corrected chi connectivity index (χ4v) is 4.03. The summed E-state index contributed by atoms with van der Waals surface area (Å²) in [5.74, 6) is 0.884. The molecule has 1 aromatic heterocycles. The number of benzene rings is 1. The van der Waals surface area contributed by atoms with Crippen LogP contribution in [0.3, 0.4) is 0 Å². The molecule has 1 saturated heterocycles. The number of carbonyl (C=O) groups excluding carboxylic acids is 1. The number of nitrogens with one attached hydrogen (secondary N) is 2. The van der Waals surface area contributed by atoms with Gasteiger partial charge in [-0.2, -0.15) is 4.98 Å². The number of nitrogens with zero attached hydrogens (tertiary/aromatic N) is 3. The molecule has 6 nitrogen and oxygen atoms in total. The Balaban J connectivity index is 1.42. The van der Waals surface area contributed by atoms with E-state index >= 15 is 0 Å². The highest BCUT2D eigenvalue weighted by molar-refractivity contribution is 5.79. The monoisotopic (exact) mass is 383 g/mol. The lowest BCUT2D eigenvalue weighted by atomic mass is 9.97. The molecule has 1 atom stereocenters. The van der Waals surface area contributed by atoms with Crippen molar-refractivity contribution in [2.24, 2.45) is 5.92 Å². The van der Waals surface area contributed by atoms with E-state index in [1.54, 1.807) is 30.5 Å². The Morgan fingerprint density at radius 1 is 1.11 bits per heavy atom. The Hall–Kier alpha value is -2.70. The molecule has 2 aromatic rings. The summed E-state index contributed by atoms with van der Waals surface area (Å²) in [5, 5.41) is 6.21. The molecule has 1 aromatic carbocycles. The predicted molar refractivity (Wildman–Crippen MR) is 107 cm³/mol. The summed E-state index contributed by atoms with van der Waals surface area (Å²) in [6.45, 7) is 1.43. The lowest BCUT2D eigenvalue weighted by Gasteiger charge is -2.32. The number of rotatable bonds is 5. The summed E-state index contributed by atoms with van der Waals surface area (Å²) in [6, 6.07) is 8.54. The Labute approximate surface area is 164 Å². The zero-order chi connectivity index (χ0) is 19.3. The molecule has 2 aliphatic rings. The lowest BCUT2D eigenvalue weighted by Crippen LogP contribution is -2.45. The molecule has 0 bridgehead atoms. The van der Waals surface area contributed by atoms with Gasteiger partial charge >= 0.3 is 0 Å². The van der Waals surface area contributed by atoms with Crippen molar-refractivity contribution in [3.05, 3.63) is 42.3 Å². The first-order valence-electron chi connectivity index (χ1n) is 10.1. The Morgan fingerprint density at radius 3 is 2.75 bits per heavy atom. The van der Waals surface area contributed by atoms with Gasteiger partial charge in [0, 0.05) is 25.3 Å². The first-order valence-corrected chi connectivity index (χ1v) is 10.1. The second kappa shape index (κ2) is 8.54. The average molecular weight is 383 g/mol. The van der Waals surface area contributed by atoms with Crippen LogP contribution >= 0.6 is 0 Å². The minimum Gasteiger partial charge on any atom is -0.353 e. The highest BCUT2D eigenvalue weighted by atomic mass is 19.1. The van der Waals surface area contributed by atoms with E-state index in [0.717, 1.165) is 32.2 Å². The van der Waals surface area contributed by atoms with Crippen LogP contribution in [0.15, 0.2) is 36.5 Å². The van der Waals surface area contributed by atoms with E-state index in [9.17, 15) is 9.18 Å². The Kier molecular flexibility index (Phi) is 5.69. The SMILES string of the molecule is O=C(NC1CCCC1)C1CCCN(c2nccc(Nc3ccccc3F)n2)C1. The van der Waals surface area contributed by atoms with Crippen molar-refractivity contribution in [3.63, 3.8) is 0 Å². The second-order valence-corrected chi connectivity index (χ2v) is 7.62. The third-order valence-electron chi connectivity index (χ3n) is 5.56. The van der Waals surface area contributed by atoms with Crippen molar-refractivity contribution in [1.29, 1.82) is 0 Å². The number of halogens is 1. The molecule has 1 saturated carbocycles. The maximum Gasteiger partial charge on any atom is 0.227 e. The summed E-state index contributed by atoms with van der Waals surface area (Å²) in [7, 11) is 0. The van der Waals surface area contributed by atoms with Gasteiger partial charge in [0.25, 0.3) is 0 Å². The zero-order valence-corrected chi connectivity index (χ0v) is 15.9. The van der Waals surface area contributed by atoms with Crippen LogP contribution in [-0.4, -0.2) is 35.0 Å². The van der Waals surface area contributed by atoms with Crippen LogP contribution in [0.4, 0.5) is 21.8 Å². The number of piperidine rings is 1. The van der Waals surface area contributed by atoms with Crippen LogP contribution < -0.4 is 15.5 Å². The molecule has 0 spiro atoms. The van der Waals surface area contributed by atoms with Crippen molar-refractivity contribution in [2.45, 2.75) is 44.6 Å². The first-order chi connectivity index (χ1) is 13.7. The molecular weight excluding hydrogens is 357 g/mol. The van der Waals surface area contributed by atoms with Crippen LogP contribution in [0, 0.1) is 11.7 Å². The van der Waals surface area contributed by atoms with Crippen molar-refractivity contribution >= 4 is 23.4 Å². The number of carbonyl (C=O) groups is 1. The summed E-state index contributed by atoms with van der Waals surface area (Å²) in [6.07, 6.45) is 8.08. The molecule has 1 amide bonds. The van der Waals surface area contributed by atoms with E-state index in [4.69, 9.17) is 0 Å². The molecule has 1 aliphatic heterocycles. The Bertz CT molecular complexity index is 824. The van der Waals surface area contributed by atoms with E-state index in [-0.39, 0.29) is 17.6 Å². The van der Waals surface area contributed by atoms with E-state index in [1.165, 1.54) is 18.9 Å². The fourth-order valence-electron chi connectivity index (χ4n) is 4.03. The molecular formula is C21H26FN5O. The van der Waals surface area contributed by atoms with Gasteiger partial charge in [0.15, 0.2) is 0 Å². The number of hydrogen-bond acceptors (Lipinski definition) is 5. The normalized spacial score (nSPS) is 20.2. The second-order valence-electron chi connectivity index (χ2n) is 7.62. The molecule has 2 heterocycles. The maximum atomic E-state index is 13.9. The number of amides is 1. The molecule has 7 heteroatoms. The first kappa shape index (κ1) is 18.7. The van der Waals surface area contributed by atoms with Gasteiger partial charge in [-0.1, -0.05) is 25.0 Å². The molecule has 148 valence electrons. The quantitative estimate of drug-likeness (QED) is 0.825. The van der Waals surface area contributed by atoms with Crippen molar-refractivity contribution in [3.8, 4) is 0 Å². The molecule has 1 unspecified atom stereocenters. The number of para-hydroxylation sites is 1. The molecule has 1 aliphatic carbocycles. The van der Waals surface area contributed by atoms with Gasteiger partial charge in [0.05, 0.1) is 11.6 Å². The van der Waals surface area contributed by atoms with Gasteiger partial charge in [-0.25, -0.2) is 9.37 Å². The number of hydrogen-bond donors (Lipinski definition) is 2. The van der Waals surface area contributed by atoms with E-state index in [0.29, 0.717) is 30.0 Å². The molecule has 28 heavy (non-hydrogen) atoms. The summed E-state index contributed by atoms with van der Waals surface area (Å²) >= 11 is 0. The fraction of sp³-hybridized carbons (Fsp3) is 0.476. The number of anilines is 3. The topological polar surface area (TPSA) is 70.2 Å². The summed E-state index contributed by atoms with van der Waals surface area (Å²) in [5.41, 5.74) is 0.375. The minimum atomic E-state index is -0.329. The maximum absolute atomic E-state index is 13.9. The largest absolute Gasteiger partial charge is 0.353 e. The van der Waals surface area contributed by atoms with Crippen LogP contribution in [0.5, 0.6) is 0 Å². The van der Waals surface area contributed by atoms with Crippen LogP contribution in [0.2, 0.25) is 0 Å². The minimum absolute atomic E-state index is 0.0406. The van der Waals surface area contributed by atoms with E-state index < -0.39 is 0 Å². The summed E-state index contributed by atoms with van der Waals surface area (Å²) in [4.78, 5) is 23.6. The van der Waals surface area contributed by atoms with Crippen LogP contribution in [-0.2, 0) is 4.79 Å². The van der Waals surface area contributed by atoms with E-state index in [1.807, 2.05) is 0 Å². The highest BCUT2D eigenvalue weighted by Gasteiger charge is 2.29. The predicted octanol–water partition coefficient (Wildman–Crippen LogP) is 3.63. The van der Waals surface area contributed by atoms with Gasteiger partial charge in [0.2, 0.25) is 11.9 Å². The van der Waals surface area contributed by atoms with E-state index in [2.05, 4.69) is 25.5 Å². The molecule has 4 rings (SSSR count). The van der Waals surface area contributed by atoms with Crippen LogP contribution in [0.25, 0.3) is 0 Å². The van der Waals surface area contributed by atoms with Gasteiger partial charge in [-0.15, -0.1) is 0 Å². The van der Waals surface area contributed by atoms with Gasteiger partial charge < -0.3 is 15.5 Å². The molecule has 0 radical (unpaired) electrons. The highest BCUT2D eigenvalue weighted by Crippen LogP contribution is 2.24. The Morgan fingerprint density at radius 2 is 1.93 bits per heavy atom. The molecule has 2 fully saturated rings. The zero-order valence-electron chi connectivity index (χ0n) is 15.9. The van der Waals surface area contributed by atoms with Crippen molar-refractivity contribution in [1.82, 2.24) is 15.3 Å². The lowest BCUT2D eigenvalue weighted by molar-refractivity contribution is -0.125. The standard InChI is InChI=1S/C21H26FN5O/c22-17-9-3-4-10-18(17)25-19-11-12-23-21(26-19)27-13-5-6-15(14-27)20(28)24-16-7-1-2-8-16/h3-4,9-12,15-16H,1-2,5-8,13-14H2,(H,24,28)(H,23,25,26).